The molecule has 2 atom stereocenters. The first kappa shape index (κ1) is 19.1. The van der Waals surface area contributed by atoms with Crippen LogP contribution in [0.25, 0.3) is 0 Å². The fourth-order valence-corrected chi connectivity index (χ4v) is 2.09. The molecule has 2 unspecified atom stereocenters. The minimum Gasteiger partial charge on any atom is -0.171 e. The molecule has 1 rings (SSSR count). The highest BCUT2D eigenvalue weighted by molar-refractivity contribution is 4.89. The van der Waals surface area contributed by atoms with E-state index in [1.807, 2.05) is 34.6 Å². The summed E-state index contributed by atoms with van der Waals surface area (Å²) >= 11 is 0. The van der Waals surface area contributed by atoms with Crippen molar-refractivity contribution in [2.45, 2.75) is 73.9 Å². The van der Waals surface area contributed by atoms with Gasteiger partial charge in [-0.15, -0.1) is 0 Å². The molecule has 3 heteroatoms. The third kappa shape index (κ3) is 5.31. The lowest BCUT2D eigenvalue weighted by Crippen LogP contribution is -2.38. The largest absolute Gasteiger partial charge is 0.394 e. The van der Waals surface area contributed by atoms with Crippen LogP contribution in [0.1, 0.15) is 67.7 Å². The van der Waals surface area contributed by atoms with Gasteiger partial charge >= 0.3 is 6.18 Å². The molecule has 0 nitrogen and oxygen atoms in total. The average Bonchev–Trinajstić information content (AvgIpc) is 2.70. The Morgan fingerprint density at radius 3 is 1.53 bits per heavy atom. The van der Waals surface area contributed by atoms with E-state index in [9.17, 15) is 13.2 Å². The highest BCUT2D eigenvalue weighted by atomic mass is 19.4. The predicted molar refractivity (Wildman–Crippen MR) is 69.0 cm³/mol. The summed E-state index contributed by atoms with van der Waals surface area (Å²) in [6, 6.07) is 0. The quantitative estimate of drug-likeness (QED) is 0.533. The Bertz CT molecular complexity index is 182. The molecule has 1 fully saturated rings. The van der Waals surface area contributed by atoms with Crippen LogP contribution < -0.4 is 0 Å². The lowest BCUT2D eigenvalue weighted by molar-refractivity contribution is -0.229. The summed E-state index contributed by atoms with van der Waals surface area (Å²) in [7, 11) is 0. The van der Waals surface area contributed by atoms with Gasteiger partial charge in [-0.1, -0.05) is 54.9 Å². The molecular formula is C14H29F3. The molecule has 0 heterocycles. The second-order valence-electron chi connectivity index (χ2n) is 4.83. The van der Waals surface area contributed by atoms with Crippen LogP contribution in [0.4, 0.5) is 13.2 Å². The van der Waals surface area contributed by atoms with E-state index in [4.69, 9.17) is 0 Å². The summed E-state index contributed by atoms with van der Waals surface area (Å²) in [5.41, 5.74) is -1.50. The van der Waals surface area contributed by atoms with Crippen molar-refractivity contribution in [2.24, 2.45) is 17.3 Å². The summed E-state index contributed by atoms with van der Waals surface area (Å²) in [4.78, 5) is 0. The minimum absolute atomic E-state index is 0.178. The van der Waals surface area contributed by atoms with Gasteiger partial charge < -0.3 is 0 Å². The van der Waals surface area contributed by atoms with Gasteiger partial charge in [0.2, 0.25) is 0 Å². The standard InChI is InChI=1S/C10H17F3.2C2H6/c1-7-4-5-8(6-7)9(2,3)10(11,12)13;2*1-2/h7-8H,4-6H2,1-3H3;2*1-2H3. The van der Waals surface area contributed by atoms with Crippen LogP contribution >= 0.6 is 0 Å². The smallest absolute Gasteiger partial charge is 0.171 e. The van der Waals surface area contributed by atoms with Gasteiger partial charge in [0, 0.05) is 0 Å². The van der Waals surface area contributed by atoms with E-state index in [1.165, 1.54) is 13.8 Å². The van der Waals surface area contributed by atoms with Crippen LogP contribution in [-0.2, 0) is 0 Å². The van der Waals surface area contributed by atoms with Crippen LogP contribution in [0.15, 0.2) is 0 Å². The molecule has 0 aromatic heterocycles. The Kier molecular flexibility index (Phi) is 9.00. The van der Waals surface area contributed by atoms with Gasteiger partial charge in [-0.3, -0.25) is 0 Å². The molecule has 0 N–H and O–H groups in total. The maximum absolute atomic E-state index is 12.6. The zero-order valence-electron chi connectivity index (χ0n) is 12.4. The molecule has 0 spiro atoms. The first-order chi connectivity index (χ1) is 7.75. The van der Waals surface area contributed by atoms with Gasteiger partial charge in [-0.2, -0.15) is 13.2 Å². The van der Waals surface area contributed by atoms with Crippen LogP contribution in [0.2, 0.25) is 0 Å². The van der Waals surface area contributed by atoms with Crippen molar-refractivity contribution in [3.63, 3.8) is 0 Å². The topological polar surface area (TPSA) is 0 Å². The van der Waals surface area contributed by atoms with E-state index in [0.717, 1.165) is 19.3 Å². The van der Waals surface area contributed by atoms with Gasteiger partial charge in [0.1, 0.15) is 0 Å². The molecule has 0 bridgehead atoms. The third-order valence-corrected chi connectivity index (χ3v) is 3.45. The highest BCUT2D eigenvalue weighted by Gasteiger charge is 2.53. The van der Waals surface area contributed by atoms with Gasteiger partial charge in [-0.25, -0.2) is 0 Å². The predicted octanol–water partition coefficient (Wildman–Crippen LogP) is 6.06. The Morgan fingerprint density at radius 2 is 1.29 bits per heavy atom. The molecule has 17 heavy (non-hydrogen) atoms. The molecule has 1 saturated carbocycles. The molecule has 106 valence electrons. The summed E-state index contributed by atoms with van der Waals surface area (Å²) in [5, 5.41) is 0. The Morgan fingerprint density at radius 1 is 0.882 bits per heavy atom. The molecule has 1 aliphatic carbocycles. The van der Waals surface area contributed by atoms with Crippen molar-refractivity contribution < 1.29 is 13.2 Å². The fraction of sp³-hybridized carbons (Fsp3) is 1.00. The number of hydrogen-bond donors (Lipinski definition) is 0. The molecule has 1 aliphatic rings. The van der Waals surface area contributed by atoms with E-state index in [-0.39, 0.29) is 5.92 Å². The molecule has 0 aliphatic heterocycles. The number of hydrogen-bond acceptors (Lipinski definition) is 0. The average molecular weight is 254 g/mol. The highest BCUT2D eigenvalue weighted by Crippen LogP contribution is 2.50. The van der Waals surface area contributed by atoms with Gasteiger partial charge in [0.15, 0.2) is 0 Å². The Balaban J connectivity index is 0. The molecular weight excluding hydrogens is 225 g/mol. The van der Waals surface area contributed by atoms with Crippen molar-refractivity contribution in [3.05, 3.63) is 0 Å². The third-order valence-electron chi connectivity index (χ3n) is 3.45. The van der Waals surface area contributed by atoms with E-state index >= 15 is 0 Å². The maximum Gasteiger partial charge on any atom is 0.394 e. The zero-order chi connectivity index (χ0) is 14.3. The molecule has 0 amide bonds. The van der Waals surface area contributed by atoms with Gasteiger partial charge in [0.25, 0.3) is 0 Å². The Hall–Kier alpha value is -0.210. The van der Waals surface area contributed by atoms with Crippen molar-refractivity contribution in [2.75, 3.05) is 0 Å². The van der Waals surface area contributed by atoms with Gasteiger partial charge in [0.05, 0.1) is 5.41 Å². The van der Waals surface area contributed by atoms with E-state index in [2.05, 4.69) is 0 Å². The first-order valence-electron chi connectivity index (χ1n) is 6.82. The van der Waals surface area contributed by atoms with E-state index < -0.39 is 11.6 Å². The monoisotopic (exact) mass is 254 g/mol. The summed E-state index contributed by atoms with van der Waals surface area (Å²) in [6.45, 7) is 12.7. The summed E-state index contributed by atoms with van der Waals surface area (Å²) in [6.07, 6.45) is -1.65. The summed E-state index contributed by atoms with van der Waals surface area (Å²) < 4.78 is 37.8. The van der Waals surface area contributed by atoms with Crippen molar-refractivity contribution in [1.82, 2.24) is 0 Å². The molecule has 0 radical (unpaired) electrons. The van der Waals surface area contributed by atoms with Crippen LogP contribution in [0.3, 0.4) is 0 Å². The summed E-state index contributed by atoms with van der Waals surface area (Å²) in [5.74, 6) is 0.286. The zero-order valence-corrected chi connectivity index (χ0v) is 12.4. The lowest BCUT2D eigenvalue weighted by Gasteiger charge is -2.33. The molecule has 0 aromatic rings. The number of alkyl halides is 3. The van der Waals surface area contributed by atoms with E-state index in [0.29, 0.717) is 5.92 Å². The Labute approximate surface area is 105 Å². The van der Waals surface area contributed by atoms with Crippen LogP contribution in [0.5, 0.6) is 0 Å². The van der Waals surface area contributed by atoms with Crippen molar-refractivity contribution >= 4 is 0 Å². The van der Waals surface area contributed by atoms with Crippen molar-refractivity contribution in [1.29, 1.82) is 0 Å². The number of halogens is 3. The van der Waals surface area contributed by atoms with E-state index in [1.54, 1.807) is 0 Å². The maximum atomic E-state index is 12.6. The van der Waals surface area contributed by atoms with Crippen LogP contribution in [-0.4, -0.2) is 6.18 Å². The minimum atomic E-state index is -4.05. The fourth-order valence-electron chi connectivity index (χ4n) is 2.09. The molecule has 0 aromatic carbocycles. The normalized spacial score (nSPS) is 24.4. The lowest BCUT2D eigenvalue weighted by atomic mass is 9.77. The molecule has 0 saturated heterocycles. The second-order valence-corrected chi connectivity index (χ2v) is 4.83. The number of rotatable bonds is 1. The second kappa shape index (κ2) is 7.99. The first-order valence-corrected chi connectivity index (χ1v) is 6.82. The van der Waals surface area contributed by atoms with Crippen LogP contribution in [0, 0.1) is 17.3 Å². The SMILES string of the molecule is CC.CC.CC1CCC(C(C)(C)C(F)(F)F)C1. The van der Waals surface area contributed by atoms with Gasteiger partial charge in [-0.05, 0) is 24.7 Å². The van der Waals surface area contributed by atoms with Crippen molar-refractivity contribution in [3.8, 4) is 0 Å².